The molecule has 5 rings (SSSR count). The van der Waals surface area contributed by atoms with E-state index in [0.29, 0.717) is 0 Å². The first-order chi connectivity index (χ1) is 14.9. The van der Waals surface area contributed by atoms with Crippen LogP contribution in [0.25, 0.3) is 33.9 Å². The van der Waals surface area contributed by atoms with Gasteiger partial charge in [0.1, 0.15) is 0 Å². The van der Waals surface area contributed by atoms with Crippen molar-refractivity contribution in [3.63, 3.8) is 0 Å². The number of nitrogens with zero attached hydrogens (tertiary/aromatic N) is 3. The molecule has 0 atom stereocenters. The number of hydrogen-bond acceptors (Lipinski definition) is 3. The summed E-state index contributed by atoms with van der Waals surface area (Å²) in [6, 6.07) is 39.6. The molecule has 0 aliphatic rings. The molecule has 1 radical (unpaired) electrons. The monoisotopic (exact) mass is 578 g/mol. The molecule has 4 heteroatoms. The Bertz CT molecular complexity index is 1070. The largest absolute Gasteiger partial charge is 0.305 e. The average Bonchev–Trinajstić information content (AvgIpc) is 2.87. The average molecular weight is 578 g/mol. The van der Waals surface area contributed by atoms with E-state index in [2.05, 4.69) is 27.1 Å². The molecule has 0 unspecified atom stereocenters. The van der Waals surface area contributed by atoms with Gasteiger partial charge in [-0.1, -0.05) is 30.3 Å². The van der Waals surface area contributed by atoms with Gasteiger partial charge in [0.25, 0.3) is 0 Å². The van der Waals surface area contributed by atoms with Crippen LogP contribution < -0.4 is 0 Å². The van der Waals surface area contributed by atoms with E-state index < -0.39 is 0 Å². The van der Waals surface area contributed by atoms with Crippen molar-refractivity contribution < 1.29 is 20.1 Å². The number of benzene rings is 2. The minimum Gasteiger partial charge on any atom is -0.305 e. The fourth-order valence-corrected chi connectivity index (χ4v) is 2.87. The maximum absolute atomic E-state index is 4.62. The maximum atomic E-state index is 4.62. The van der Waals surface area contributed by atoms with Crippen LogP contribution in [0.1, 0.15) is 0 Å². The fraction of sp³-hybridized carbons (Fsp3) is 0. The Labute approximate surface area is 196 Å². The number of hydrogen-bond donors (Lipinski definition) is 0. The molecular weight excluding hydrogens is 559 g/mol. The quantitative estimate of drug-likeness (QED) is 0.241. The second-order valence-electron chi connectivity index (χ2n) is 6.39. The normalized spacial score (nSPS) is 9.68. The van der Waals surface area contributed by atoms with Crippen molar-refractivity contribution in [1.82, 2.24) is 15.0 Å². The number of pyridine rings is 3. The van der Waals surface area contributed by atoms with Gasteiger partial charge in [0, 0.05) is 32.5 Å². The first kappa shape index (κ1) is 22.2. The van der Waals surface area contributed by atoms with Crippen molar-refractivity contribution in [3.8, 4) is 33.9 Å². The third-order valence-corrected chi connectivity index (χ3v) is 4.31. The molecule has 153 valence electrons. The third kappa shape index (κ3) is 6.26. The Morgan fingerprint density at radius 3 is 1.52 bits per heavy atom. The number of aromatic nitrogens is 3. The molecule has 31 heavy (non-hydrogen) atoms. The van der Waals surface area contributed by atoms with Crippen LogP contribution in [-0.4, -0.2) is 15.0 Å². The van der Waals surface area contributed by atoms with E-state index in [1.165, 1.54) is 0 Å². The van der Waals surface area contributed by atoms with Gasteiger partial charge in [-0.25, -0.2) is 0 Å². The molecule has 5 aromatic rings. The van der Waals surface area contributed by atoms with E-state index in [0.717, 1.165) is 33.9 Å². The first-order valence-electron chi connectivity index (χ1n) is 9.64. The molecule has 0 fully saturated rings. The summed E-state index contributed by atoms with van der Waals surface area (Å²) < 4.78 is 0. The van der Waals surface area contributed by atoms with Gasteiger partial charge < -0.3 is 4.98 Å². The Morgan fingerprint density at radius 2 is 0.968 bits per heavy atom. The van der Waals surface area contributed by atoms with Crippen LogP contribution in [0.5, 0.6) is 0 Å². The minimum atomic E-state index is 0. The second-order valence-corrected chi connectivity index (χ2v) is 6.39. The Balaban J connectivity index is 0.000000183. The van der Waals surface area contributed by atoms with E-state index >= 15 is 0 Å². The van der Waals surface area contributed by atoms with Crippen LogP contribution in [0.4, 0.5) is 0 Å². The van der Waals surface area contributed by atoms with E-state index in [1.807, 2.05) is 103 Å². The summed E-state index contributed by atoms with van der Waals surface area (Å²) >= 11 is 0. The zero-order chi connectivity index (χ0) is 20.4. The maximum Gasteiger partial charge on any atom is 0.0876 e. The van der Waals surface area contributed by atoms with Gasteiger partial charge in [-0.2, -0.15) is 0 Å². The molecular formula is C27H19IrN3-2. The van der Waals surface area contributed by atoms with E-state index in [9.17, 15) is 0 Å². The third-order valence-electron chi connectivity index (χ3n) is 4.31. The molecule has 0 N–H and O–H groups in total. The van der Waals surface area contributed by atoms with Gasteiger partial charge >= 0.3 is 0 Å². The van der Waals surface area contributed by atoms with Gasteiger partial charge in [-0.3, -0.25) is 9.97 Å². The summed E-state index contributed by atoms with van der Waals surface area (Å²) in [4.78, 5) is 13.1. The van der Waals surface area contributed by atoms with Gasteiger partial charge in [0.2, 0.25) is 0 Å². The molecule has 0 saturated heterocycles. The second kappa shape index (κ2) is 11.7. The molecule has 0 saturated carbocycles. The molecule has 2 aromatic carbocycles. The smallest absolute Gasteiger partial charge is 0.0876 e. The molecule has 0 aliphatic heterocycles. The molecule has 0 amide bonds. The summed E-state index contributed by atoms with van der Waals surface area (Å²) in [7, 11) is 0. The first-order valence-corrected chi connectivity index (χ1v) is 9.64. The molecule has 0 bridgehead atoms. The molecule has 0 aliphatic carbocycles. The van der Waals surface area contributed by atoms with Crippen LogP contribution >= 0.6 is 0 Å². The summed E-state index contributed by atoms with van der Waals surface area (Å²) in [5.41, 5.74) is 5.69. The summed E-state index contributed by atoms with van der Waals surface area (Å²) in [6.45, 7) is 0. The molecule has 3 aromatic heterocycles. The predicted octanol–water partition coefficient (Wildman–Crippen LogP) is 6.16. The van der Waals surface area contributed by atoms with Crippen molar-refractivity contribution in [3.05, 3.63) is 128 Å². The van der Waals surface area contributed by atoms with Crippen LogP contribution in [0.3, 0.4) is 0 Å². The standard InChI is InChI=1S/C16H11N2.C11H8N.Ir/c1-2-7-13(8-3-1)14-10-6-11-16(18-14)15-9-4-5-12-17-15;1-2-6-10(7-3-1)11-8-4-5-9-12-11;/h1-7,9-12H;1-6,8-9H;/q2*-1;. The van der Waals surface area contributed by atoms with Gasteiger partial charge in [0.05, 0.1) is 11.4 Å². The number of rotatable bonds is 3. The van der Waals surface area contributed by atoms with Gasteiger partial charge in [0.15, 0.2) is 0 Å². The summed E-state index contributed by atoms with van der Waals surface area (Å²) in [5.74, 6) is 0. The van der Waals surface area contributed by atoms with Gasteiger partial charge in [-0.05, 0) is 35.7 Å². The van der Waals surface area contributed by atoms with Crippen LogP contribution in [0.2, 0.25) is 0 Å². The van der Waals surface area contributed by atoms with Crippen molar-refractivity contribution in [2.75, 3.05) is 0 Å². The molecule has 3 heterocycles. The molecule has 0 spiro atoms. The van der Waals surface area contributed by atoms with Gasteiger partial charge in [-0.15, -0.1) is 71.8 Å². The van der Waals surface area contributed by atoms with Crippen LogP contribution in [-0.2, 0) is 20.1 Å². The van der Waals surface area contributed by atoms with E-state index in [4.69, 9.17) is 0 Å². The zero-order valence-corrected chi connectivity index (χ0v) is 19.0. The topological polar surface area (TPSA) is 38.7 Å². The van der Waals surface area contributed by atoms with E-state index in [1.54, 1.807) is 12.4 Å². The Hall–Kier alpha value is -3.46. The van der Waals surface area contributed by atoms with Crippen molar-refractivity contribution >= 4 is 0 Å². The van der Waals surface area contributed by atoms with Crippen LogP contribution in [0.15, 0.2) is 116 Å². The molecule has 3 nitrogen and oxygen atoms in total. The predicted molar refractivity (Wildman–Crippen MR) is 120 cm³/mol. The van der Waals surface area contributed by atoms with Crippen molar-refractivity contribution in [1.29, 1.82) is 0 Å². The fourth-order valence-electron chi connectivity index (χ4n) is 2.87. The Morgan fingerprint density at radius 1 is 0.452 bits per heavy atom. The van der Waals surface area contributed by atoms with Crippen LogP contribution in [0, 0.1) is 12.1 Å². The van der Waals surface area contributed by atoms with E-state index in [-0.39, 0.29) is 20.1 Å². The SMILES string of the molecule is [Ir].[c-]1ccccc1-c1cccc(-c2ccccn2)n1.[c-]1ccccc1-c1ccccn1. The minimum absolute atomic E-state index is 0. The zero-order valence-electron chi connectivity index (χ0n) is 16.6. The summed E-state index contributed by atoms with van der Waals surface area (Å²) in [6.07, 6.45) is 3.56. The van der Waals surface area contributed by atoms with Crippen molar-refractivity contribution in [2.24, 2.45) is 0 Å². The summed E-state index contributed by atoms with van der Waals surface area (Å²) in [5, 5.41) is 0. The Kier molecular flexibility index (Phi) is 8.36. The van der Waals surface area contributed by atoms with Crippen molar-refractivity contribution in [2.45, 2.75) is 0 Å².